The molecule has 27 heavy (non-hydrogen) atoms. The standard InChI is InChI=1S/C21H26N4O2/c1-16-8-10-17(11-9-16)20(26)23-21(25-14-12-24(2)13-15-25)22-18-6-4-5-7-19(18)27-3/h4-11H,12-15H2,1-3H3,(H,22,23,26). The van der Waals surface area contributed by atoms with Gasteiger partial charge in [0.1, 0.15) is 11.4 Å². The van der Waals surface area contributed by atoms with Crippen molar-refractivity contribution in [1.29, 1.82) is 0 Å². The van der Waals surface area contributed by atoms with Crippen LogP contribution in [0.5, 0.6) is 5.75 Å². The van der Waals surface area contributed by atoms with Crippen LogP contribution < -0.4 is 10.1 Å². The quantitative estimate of drug-likeness (QED) is 0.670. The fourth-order valence-electron chi connectivity index (χ4n) is 2.91. The van der Waals surface area contributed by atoms with Crippen molar-refractivity contribution in [2.45, 2.75) is 6.92 Å². The summed E-state index contributed by atoms with van der Waals surface area (Å²) in [5, 5.41) is 3.00. The van der Waals surface area contributed by atoms with Crippen molar-refractivity contribution in [3.8, 4) is 5.75 Å². The highest BCUT2D eigenvalue weighted by molar-refractivity contribution is 6.06. The number of carbonyl (C=O) groups excluding carboxylic acids is 1. The summed E-state index contributed by atoms with van der Waals surface area (Å²) in [6, 6.07) is 15.1. The third kappa shape index (κ3) is 4.86. The van der Waals surface area contributed by atoms with E-state index in [1.54, 1.807) is 7.11 Å². The Morgan fingerprint density at radius 3 is 2.37 bits per heavy atom. The van der Waals surface area contributed by atoms with Crippen LogP contribution in [0.2, 0.25) is 0 Å². The van der Waals surface area contributed by atoms with Crippen LogP contribution in [0.3, 0.4) is 0 Å². The first kappa shape index (κ1) is 18.9. The van der Waals surface area contributed by atoms with Crippen LogP contribution in [0.25, 0.3) is 0 Å². The van der Waals surface area contributed by atoms with Gasteiger partial charge in [0.15, 0.2) is 0 Å². The van der Waals surface area contributed by atoms with Crippen molar-refractivity contribution in [3.05, 3.63) is 59.7 Å². The highest BCUT2D eigenvalue weighted by atomic mass is 16.5. The molecule has 0 unspecified atom stereocenters. The molecule has 0 atom stereocenters. The van der Waals surface area contributed by atoms with E-state index in [9.17, 15) is 4.79 Å². The maximum absolute atomic E-state index is 12.8. The molecule has 0 spiro atoms. The van der Waals surface area contributed by atoms with Crippen molar-refractivity contribution in [3.63, 3.8) is 0 Å². The number of para-hydroxylation sites is 2. The van der Waals surface area contributed by atoms with Crippen LogP contribution in [0.1, 0.15) is 15.9 Å². The van der Waals surface area contributed by atoms with Gasteiger partial charge < -0.3 is 14.5 Å². The number of hydrogen-bond acceptors (Lipinski definition) is 4. The fourth-order valence-corrected chi connectivity index (χ4v) is 2.91. The van der Waals surface area contributed by atoms with E-state index >= 15 is 0 Å². The SMILES string of the molecule is COc1ccccc1N=C(NC(=O)c1ccc(C)cc1)N1CCN(C)CC1. The van der Waals surface area contributed by atoms with Crippen LogP contribution >= 0.6 is 0 Å². The van der Waals surface area contributed by atoms with E-state index in [0.717, 1.165) is 31.7 Å². The molecule has 0 saturated carbocycles. The molecule has 1 aliphatic rings. The highest BCUT2D eigenvalue weighted by Gasteiger charge is 2.20. The highest BCUT2D eigenvalue weighted by Crippen LogP contribution is 2.26. The lowest BCUT2D eigenvalue weighted by molar-refractivity contribution is 0.0969. The molecule has 3 rings (SSSR count). The monoisotopic (exact) mass is 366 g/mol. The van der Waals surface area contributed by atoms with Crippen molar-refractivity contribution < 1.29 is 9.53 Å². The third-order valence-corrected chi connectivity index (χ3v) is 4.65. The Hall–Kier alpha value is -2.86. The summed E-state index contributed by atoms with van der Waals surface area (Å²) in [6.07, 6.45) is 0. The number of methoxy groups -OCH3 is 1. The smallest absolute Gasteiger partial charge is 0.257 e. The summed E-state index contributed by atoms with van der Waals surface area (Å²) >= 11 is 0. The molecule has 1 amide bonds. The van der Waals surface area contributed by atoms with Crippen molar-refractivity contribution in [2.75, 3.05) is 40.3 Å². The van der Waals surface area contributed by atoms with E-state index in [0.29, 0.717) is 23.0 Å². The van der Waals surface area contributed by atoms with Crippen molar-refractivity contribution in [2.24, 2.45) is 4.99 Å². The van der Waals surface area contributed by atoms with Crippen LogP contribution in [0.15, 0.2) is 53.5 Å². The number of ether oxygens (including phenoxy) is 1. The molecule has 1 heterocycles. The lowest BCUT2D eigenvalue weighted by Gasteiger charge is -2.34. The first-order valence-corrected chi connectivity index (χ1v) is 9.10. The van der Waals surface area contributed by atoms with E-state index in [1.165, 1.54) is 0 Å². The number of nitrogens with one attached hydrogen (secondary N) is 1. The van der Waals surface area contributed by atoms with Gasteiger partial charge in [-0.3, -0.25) is 10.1 Å². The average molecular weight is 366 g/mol. The van der Waals surface area contributed by atoms with Crippen LogP contribution in [-0.4, -0.2) is 62.0 Å². The van der Waals surface area contributed by atoms with E-state index in [-0.39, 0.29) is 5.91 Å². The number of hydrogen-bond donors (Lipinski definition) is 1. The summed E-state index contributed by atoms with van der Waals surface area (Å²) in [5.41, 5.74) is 2.43. The number of benzene rings is 2. The maximum Gasteiger partial charge on any atom is 0.257 e. The van der Waals surface area contributed by atoms with Gasteiger partial charge in [-0.15, -0.1) is 0 Å². The lowest BCUT2D eigenvalue weighted by atomic mass is 10.1. The van der Waals surface area contributed by atoms with Crippen LogP contribution in [-0.2, 0) is 0 Å². The largest absolute Gasteiger partial charge is 0.494 e. The first-order chi connectivity index (χ1) is 13.1. The first-order valence-electron chi connectivity index (χ1n) is 9.10. The molecule has 0 aromatic heterocycles. The van der Waals surface area contributed by atoms with Crippen molar-refractivity contribution >= 4 is 17.6 Å². The average Bonchev–Trinajstić information content (AvgIpc) is 2.69. The molecule has 2 aromatic rings. The number of aryl methyl sites for hydroxylation is 1. The summed E-state index contributed by atoms with van der Waals surface area (Å²) in [7, 11) is 3.72. The van der Waals surface area contributed by atoms with Crippen LogP contribution in [0.4, 0.5) is 5.69 Å². The van der Waals surface area contributed by atoms with Gasteiger partial charge in [-0.2, -0.15) is 0 Å². The van der Waals surface area contributed by atoms with Gasteiger partial charge in [-0.1, -0.05) is 29.8 Å². The Kier molecular flexibility index (Phi) is 6.08. The van der Waals surface area contributed by atoms with E-state index in [1.807, 2.05) is 55.5 Å². The minimum absolute atomic E-state index is 0.164. The number of piperazine rings is 1. The fraction of sp³-hybridized carbons (Fsp3) is 0.333. The second-order valence-electron chi connectivity index (χ2n) is 6.72. The Morgan fingerprint density at radius 2 is 1.70 bits per heavy atom. The molecule has 1 fully saturated rings. The predicted octanol–water partition coefficient (Wildman–Crippen LogP) is 2.67. The summed E-state index contributed by atoms with van der Waals surface area (Å²) in [4.78, 5) is 21.9. The second kappa shape index (κ2) is 8.68. The Bertz CT molecular complexity index is 809. The minimum Gasteiger partial charge on any atom is -0.494 e. The molecule has 6 nitrogen and oxygen atoms in total. The van der Waals surface area contributed by atoms with Gasteiger partial charge in [0, 0.05) is 31.7 Å². The lowest BCUT2D eigenvalue weighted by Crippen LogP contribution is -2.52. The third-order valence-electron chi connectivity index (χ3n) is 4.65. The van der Waals surface area contributed by atoms with Gasteiger partial charge in [0.2, 0.25) is 5.96 Å². The molecule has 1 N–H and O–H groups in total. The van der Waals surface area contributed by atoms with Gasteiger partial charge in [0.05, 0.1) is 7.11 Å². The second-order valence-corrected chi connectivity index (χ2v) is 6.72. The summed E-state index contributed by atoms with van der Waals surface area (Å²) in [5.74, 6) is 1.06. The molecular formula is C21H26N4O2. The molecular weight excluding hydrogens is 340 g/mol. The number of guanidine groups is 1. The Morgan fingerprint density at radius 1 is 1.04 bits per heavy atom. The molecule has 1 aliphatic heterocycles. The van der Waals surface area contributed by atoms with E-state index in [2.05, 4.69) is 22.2 Å². The van der Waals surface area contributed by atoms with E-state index in [4.69, 9.17) is 9.73 Å². The molecule has 142 valence electrons. The normalized spacial score (nSPS) is 15.5. The van der Waals surface area contributed by atoms with Gasteiger partial charge >= 0.3 is 0 Å². The van der Waals surface area contributed by atoms with Crippen LogP contribution in [0, 0.1) is 6.92 Å². The molecule has 2 aromatic carbocycles. The zero-order valence-electron chi connectivity index (χ0n) is 16.1. The van der Waals surface area contributed by atoms with Crippen molar-refractivity contribution in [1.82, 2.24) is 15.1 Å². The van der Waals surface area contributed by atoms with Gasteiger partial charge in [-0.25, -0.2) is 4.99 Å². The van der Waals surface area contributed by atoms with E-state index < -0.39 is 0 Å². The number of likely N-dealkylation sites (N-methyl/N-ethyl adjacent to an activating group) is 1. The number of rotatable bonds is 3. The number of aliphatic imine (C=N–C) groups is 1. The molecule has 0 radical (unpaired) electrons. The predicted molar refractivity (Wildman–Crippen MR) is 108 cm³/mol. The Balaban J connectivity index is 1.88. The zero-order valence-corrected chi connectivity index (χ0v) is 16.1. The minimum atomic E-state index is -0.164. The molecule has 0 bridgehead atoms. The number of carbonyl (C=O) groups is 1. The summed E-state index contributed by atoms with van der Waals surface area (Å²) < 4.78 is 5.41. The molecule has 1 saturated heterocycles. The molecule has 0 aliphatic carbocycles. The van der Waals surface area contributed by atoms with Gasteiger partial charge in [0.25, 0.3) is 5.91 Å². The zero-order chi connectivity index (χ0) is 19.2. The maximum atomic E-state index is 12.8. The van der Waals surface area contributed by atoms with Gasteiger partial charge in [-0.05, 0) is 38.2 Å². The Labute approximate surface area is 160 Å². The number of nitrogens with zero attached hydrogens (tertiary/aromatic N) is 3. The number of amides is 1. The summed E-state index contributed by atoms with van der Waals surface area (Å²) in [6.45, 7) is 5.45. The topological polar surface area (TPSA) is 57.2 Å². The molecule has 6 heteroatoms.